The molecule has 0 aliphatic carbocycles. The van der Waals surface area contributed by atoms with Crippen molar-refractivity contribution in [2.24, 2.45) is 0 Å². The zero-order valence-electron chi connectivity index (χ0n) is 9.80. The first-order valence-electron chi connectivity index (χ1n) is 5.21. The number of ketones is 2. The summed E-state index contributed by atoms with van der Waals surface area (Å²) < 4.78 is 4.42. The van der Waals surface area contributed by atoms with Gasteiger partial charge >= 0.3 is 5.97 Å². The first-order chi connectivity index (χ1) is 8.06. The highest BCUT2D eigenvalue weighted by atomic mass is 16.5. The second-order valence-corrected chi connectivity index (χ2v) is 3.67. The molecule has 0 amide bonds. The average Bonchev–Trinajstić information content (AvgIpc) is 2.29. The van der Waals surface area contributed by atoms with Gasteiger partial charge in [0.1, 0.15) is 18.1 Å². The Morgan fingerprint density at radius 2 is 1.76 bits per heavy atom. The molecule has 17 heavy (non-hydrogen) atoms. The fraction of sp³-hybridized carbons (Fsp3) is 0.308. The van der Waals surface area contributed by atoms with E-state index < -0.39 is 17.7 Å². The maximum atomic E-state index is 11.8. The van der Waals surface area contributed by atoms with Crippen LogP contribution in [0.15, 0.2) is 30.3 Å². The van der Waals surface area contributed by atoms with Gasteiger partial charge in [-0.1, -0.05) is 30.3 Å². The molecule has 1 aromatic rings. The SMILES string of the molecule is COC(=O)CC(=O)C(C(C)=O)c1ccccc1. The molecule has 1 aromatic carbocycles. The molecule has 0 aliphatic heterocycles. The summed E-state index contributed by atoms with van der Waals surface area (Å²) >= 11 is 0. The highest BCUT2D eigenvalue weighted by Crippen LogP contribution is 2.19. The summed E-state index contributed by atoms with van der Waals surface area (Å²) in [6.45, 7) is 1.34. The Morgan fingerprint density at radius 1 is 1.18 bits per heavy atom. The number of hydrogen-bond acceptors (Lipinski definition) is 4. The van der Waals surface area contributed by atoms with E-state index in [0.29, 0.717) is 5.56 Å². The van der Waals surface area contributed by atoms with Crippen molar-refractivity contribution in [1.29, 1.82) is 0 Å². The number of ether oxygens (including phenoxy) is 1. The first kappa shape index (κ1) is 13.1. The van der Waals surface area contributed by atoms with Crippen molar-refractivity contribution in [3.63, 3.8) is 0 Å². The molecule has 0 fully saturated rings. The number of carbonyl (C=O) groups is 3. The Kier molecular flexibility index (Phi) is 4.57. The van der Waals surface area contributed by atoms with E-state index in [1.165, 1.54) is 14.0 Å². The van der Waals surface area contributed by atoms with Crippen LogP contribution in [0.25, 0.3) is 0 Å². The van der Waals surface area contributed by atoms with E-state index in [4.69, 9.17) is 0 Å². The molecule has 0 N–H and O–H groups in total. The lowest BCUT2D eigenvalue weighted by Gasteiger charge is -2.12. The zero-order valence-corrected chi connectivity index (χ0v) is 9.80. The first-order valence-corrected chi connectivity index (χ1v) is 5.21. The van der Waals surface area contributed by atoms with Gasteiger partial charge in [-0.2, -0.15) is 0 Å². The molecule has 1 unspecified atom stereocenters. The van der Waals surface area contributed by atoms with Crippen molar-refractivity contribution in [3.05, 3.63) is 35.9 Å². The summed E-state index contributed by atoms with van der Waals surface area (Å²) in [5, 5.41) is 0. The van der Waals surface area contributed by atoms with E-state index in [0.717, 1.165) is 0 Å². The molecule has 0 heterocycles. The van der Waals surface area contributed by atoms with Gasteiger partial charge in [0.05, 0.1) is 7.11 Å². The van der Waals surface area contributed by atoms with Crippen LogP contribution in [0.3, 0.4) is 0 Å². The second-order valence-electron chi connectivity index (χ2n) is 3.67. The van der Waals surface area contributed by atoms with Gasteiger partial charge in [0.2, 0.25) is 0 Å². The van der Waals surface area contributed by atoms with E-state index >= 15 is 0 Å². The van der Waals surface area contributed by atoms with Crippen LogP contribution in [0.5, 0.6) is 0 Å². The highest BCUT2D eigenvalue weighted by molar-refractivity contribution is 6.11. The third kappa shape index (κ3) is 3.52. The van der Waals surface area contributed by atoms with Crippen molar-refractivity contribution in [1.82, 2.24) is 0 Å². The molecule has 0 aromatic heterocycles. The molecule has 0 aliphatic rings. The molecule has 1 rings (SSSR count). The van der Waals surface area contributed by atoms with Gasteiger partial charge in [0.25, 0.3) is 0 Å². The average molecular weight is 234 g/mol. The van der Waals surface area contributed by atoms with E-state index in [1.54, 1.807) is 30.3 Å². The highest BCUT2D eigenvalue weighted by Gasteiger charge is 2.26. The number of carbonyl (C=O) groups excluding carboxylic acids is 3. The number of rotatable bonds is 5. The monoisotopic (exact) mass is 234 g/mol. The van der Waals surface area contributed by atoms with Gasteiger partial charge in [0.15, 0.2) is 5.78 Å². The van der Waals surface area contributed by atoms with E-state index in [9.17, 15) is 14.4 Å². The predicted octanol–water partition coefficient (Wildman–Crippen LogP) is 1.49. The Morgan fingerprint density at radius 3 is 2.24 bits per heavy atom. The third-order valence-corrected chi connectivity index (χ3v) is 2.41. The summed E-state index contributed by atoms with van der Waals surface area (Å²) in [5.74, 6) is -2.21. The molecule has 90 valence electrons. The van der Waals surface area contributed by atoms with Crippen molar-refractivity contribution in [2.45, 2.75) is 19.3 Å². The third-order valence-electron chi connectivity index (χ3n) is 2.41. The maximum Gasteiger partial charge on any atom is 0.313 e. The molecule has 0 spiro atoms. The van der Waals surface area contributed by atoms with Crippen LogP contribution in [0.4, 0.5) is 0 Å². The number of esters is 1. The zero-order chi connectivity index (χ0) is 12.8. The molecular weight excluding hydrogens is 220 g/mol. The van der Waals surface area contributed by atoms with Crippen LogP contribution in [0.1, 0.15) is 24.8 Å². The Hall–Kier alpha value is -1.97. The molecule has 1 atom stereocenters. The van der Waals surface area contributed by atoms with Crippen LogP contribution < -0.4 is 0 Å². The molecule has 0 saturated heterocycles. The van der Waals surface area contributed by atoms with E-state index in [1.807, 2.05) is 0 Å². The van der Waals surface area contributed by atoms with Crippen molar-refractivity contribution < 1.29 is 19.1 Å². The van der Waals surface area contributed by atoms with Gasteiger partial charge in [-0.05, 0) is 12.5 Å². The summed E-state index contributed by atoms with van der Waals surface area (Å²) in [5.41, 5.74) is 0.605. The van der Waals surface area contributed by atoms with Gasteiger partial charge in [-0.15, -0.1) is 0 Å². The lowest BCUT2D eigenvalue weighted by Crippen LogP contribution is -2.22. The standard InChI is InChI=1S/C13H14O4/c1-9(14)13(10-6-4-3-5-7-10)11(15)8-12(16)17-2/h3-7,13H,8H2,1-2H3. The van der Waals surface area contributed by atoms with Gasteiger partial charge in [-0.25, -0.2) is 0 Å². The van der Waals surface area contributed by atoms with Crippen LogP contribution in [0, 0.1) is 0 Å². The smallest absolute Gasteiger partial charge is 0.313 e. The van der Waals surface area contributed by atoms with Crippen LogP contribution in [-0.4, -0.2) is 24.6 Å². The summed E-state index contributed by atoms with van der Waals surface area (Å²) in [6, 6.07) is 8.68. The maximum absolute atomic E-state index is 11.8. The molecule has 4 heteroatoms. The van der Waals surface area contributed by atoms with Gasteiger partial charge < -0.3 is 4.74 Å². The largest absolute Gasteiger partial charge is 0.469 e. The molecular formula is C13H14O4. The van der Waals surface area contributed by atoms with E-state index in [2.05, 4.69) is 4.74 Å². The summed E-state index contributed by atoms with van der Waals surface area (Å²) in [6.07, 6.45) is -0.379. The summed E-state index contributed by atoms with van der Waals surface area (Å²) in [4.78, 5) is 34.3. The van der Waals surface area contributed by atoms with Gasteiger partial charge in [0, 0.05) is 0 Å². The number of Topliss-reactive ketones (excluding diaryl/α,β-unsaturated/α-hetero) is 2. The van der Waals surface area contributed by atoms with Crippen molar-refractivity contribution in [2.75, 3.05) is 7.11 Å². The normalized spacial score (nSPS) is 11.6. The number of methoxy groups -OCH3 is 1. The number of hydrogen-bond donors (Lipinski definition) is 0. The molecule has 0 radical (unpaired) electrons. The van der Waals surface area contributed by atoms with Crippen molar-refractivity contribution >= 4 is 17.5 Å². The van der Waals surface area contributed by atoms with Crippen LogP contribution in [0.2, 0.25) is 0 Å². The molecule has 0 saturated carbocycles. The Bertz CT molecular complexity index is 422. The van der Waals surface area contributed by atoms with Gasteiger partial charge in [-0.3, -0.25) is 14.4 Å². The molecule has 0 bridgehead atoms. The minimum atomic E-state index is -0.879. The van der Waals surface area contributed by atoms with E-state index in [-0.39, 0.29) is 12.2 Å². The number of benzene rings is 1. The fourth-order valence-corrected chi connectivity index (χ4v) is 1.61. The predicted molar refractivity (Wildman–Crippen MR) is 61.5 cm³/mol. The minimum Gasteiger partial charge on any atom is -0.469 e. The molecule has 4 nitrogen and oxygen atoms in total. The minimum absolute atomic E-state index is 0.273. The fourth-order valence-electron chi connectivity index (χ4n) is 1.61. The topological polar surface area (TPSA) is 60.4 Å². The summed E-state index contributed by atoms with van der Waals surface area (Å²) in [7, 11) is 1.21. The van der Waals surface area contributed by atoms with Crippen LogP contribution in [-0.2, 0) is 19.1 Å². The quantitative estimate of drug-likeness (QED) is 0.572. The lowest BCUT2D eigenvalue weighted by molar-refractivity contribution is -0.143. The van der Waals surface area contributed by atoms with Crippen LogP contribution >= 0.6 is 0 Å². The van der Waals surface area contributed by atoms with Crippen molar-refractivity contribution in [3.8, 4) is 0 Å². The lowest BCUT2D eigenvalue weighted by atomic mass is 9.90. The second kappa shape index (κ2) is 5.94. The Labute approximate surface area is 99.6 Å². The Balaban J connectivity index is 2.91.